The van der Waals surface area contributed by atoms with Crippen molar-refractivity contribution in [2.45, 2.75) is 13.3 Å². The minimum Gasteiger partial charge on any atom is -0.234 e. The molecule has 5 aromatic rings. The first-order valence-corrected chi connectivity index (χ1v) is 10.6. The normalized spacial score (nSPS) is 12.0. The molecule has 0 saturated carbocycles. The fourth-order valence-corrected chi connectivity index (χ4v) is 4.73. The van der Waals surface area contributed by atoms with E-state index in [0.29, 0.717) is 5.75 Å². The lowest BCUT2D eigenvalue weighted by Gasteiger charge is -2.11. The average molecular weight is 384 g/mol. The molecule has 0 bridgehead atoms. The van der Waals surface area contributed by atoms with Gasteiger partial charge in [-0.2, -0.15) is 0 Å². The van der Waals surface area contributed by atoms with E-state index in [1.54, 1.807) is 0 Å². The van der Waals surface area contributed by atoms with Crippen molar-refractivity contribution >= 4 is 46.2 Å². The Morgan fingerprint density at radius 2 is 1.46 bits per heavy atom. The maximum Gasteiger partial charge on any atom is 0.694 e. The number of nitrogens with one attached hydrogen (secondary N) is 1. The van der Waals surface area contributed by atoms with Crippen LogP contribution in [0.25, 0.3) is 32.3 Å². The maximum atomic E-state index is 12.7. The Labute approximate surface area is 164 Å². The molecule has 3 nitrogen and oxygen atoms in total. The molecule has 0 aliphatic heterocycles. The van der Waals surface area contributed by atoms with E-state index < -0.39 is 8.18 Å². The van der Waals surface area contributed by atoms with E-state index in [-0.39, 0.29) is 0 Å². The van der Waals surface area contributed by atoms with Crippen LogP contribution in [0.4, 0.5) is 5.69 Å². The molecular formula is C24H19NO2P+. The standard InChI is InChI=1S/C24H19NO2P/c1-2-16-6-3-4-9-21(16)25-28(26)27-22-15-13-19-11-10-17-7-5-8-18-12-14-20(22)24(19)23(17)18/h3-15H,2H2,1H3,(H,25,26)/q+1. The maximum absolute atomic E-state index is 12.7. The summed E-state index contributed by atoms with van der Waals surface area (Å²) in [6, 6.07) is 26.6. The molecule has 0 aromatic heterocycles. The molecule has 0 heterocycles. The van der Waals surface area contributed by atoms with E-state index in [1.165, 1.54) is 16.2 Å². The lowest BCUT2D eigenvalue weighted by Crippen LogP contribution is -1.96. The van der Waals surface area contributed by atoms with Crippen molar-refractivity contribution in [1.82, 2.24) is 0 Å². The molecular weight excluding hydrogens is 365 g/mol. The molecule has 1 N–H and O–H groups in total. The van der Waals surface area contributed by atoms with Crippen LogP contribution in [-0.4, -0.2) is 0 Å². The molecule has 5 aromatic carbocycles. The zero-order valence-electron chi connectivity index (χ0n) is 15.5. The molecule has 0 aliphatic rings. The van der Waals surface area contributed by atoms with Crippen LogP contribution in [0.15, 0.2) is 78.9 Å². The van der Waals surface area contributed by atoms with Gasteiger partial charge in [0, 0.05) is 15.3 Å². The Balaban J connectivity index is 1.56. The zero-order chi connectivity index (χ0) is 19.1. The molecule has 0 fully saturated rings. The van der Waals surface area contributed by atoms with Crippen LogP contribution in [0, 0.1) is 0 Å². The number of aryl methyl sites for hydroxylation is 1. The van der Waals surface area contributed by atoms with Gasteiger partial charge in [-0.15, -0.1) is 5.09 Å². The summed E-state index contributed by atoms with van der Waals surface area (Å²) in [7, 11) is -2.09. The van der Waals surface area contributed by atoms with Gasteiger partial charge in [-0.1, -0.05) is 67.6 Å². The van der Waals surface area contributed by atoms with Crippen LogP contribution >= 0.6 is 8.18 Å². The molecule has 0 amide bonds. The predicted octanol–water partition coefficient (Wildman–Crippen LogP) is 7.29. The quantitative estimate of drug-likeness (QED) is 0.255. The minimum absolute atomic E-state index is 0.633. The predicted molar refractivity (Wildman–Crippen MR) is 118 cm³/mol. The van der Waals surface area contributed by atoms with Crippen LogP contribution in [0.3, 0.4) is 0 Å². The Hall–Kier alpha value is -3.16. The van der Waals surface area contributed by atoms with Gasteiger partial charge in [-0.25, -0.2) is 4.52 Å². The van der Waals surface area contributed by atoms with Crippen molar-refractivity contribution in [3.05, 3.63) is 84.4 Å². The fraction of sp³-hybridized carbons (Fsp3) is 0.0833. The summed E-state index contributed by atoms with van der Waals surface area (Å²) in [5.74, 6) is 0.633. The van der Waals surface area contributed by atoms with Crippen LogP contribution in [-0.2, 0) is 11.0 Å². The topological polar surface area (TPSA) is 38.3 Å². The second-order valence-corrected chi connectivity index (χ2v) is 7.81. The van der Waals surface area contributed by atoms with Gasteiger partial charge in [0.15, 0.2) is 5.75 Å². The number of benzene rings is 5. The van der Waals surface area contributed by atoms with Crippen LogP contribution in [0.2, 0.25) is 0 Å². The third kappa shape index (κ3) is 2.76. The third-order valence-electron chi connectivity index (χ3n) is 5.28. The van der Waals surface area contributed by atoms with E-state index in [2.05, 4.69) is 54.5 Å². The van der Waals surface area contributed by atoms with Gasteiger partial charge in [0.2, 0.25) is 0 Å². The van der Waals surface area contributed by atoms with E-state index in [4.69, 9.17) is 4.52 Å². The van der Waals surface area contributed by atoms with Crippen molar-refractivity contribution in [3.8, 4) is 5.75 Å². The van der Waals surface area contributed by atoms with Gasteiger partial charge in [-0.05, 0) is 51.7 Å². The molecule has 28 heavy (non-hydrogen) atoms. The zero-order valence-corrected chi connectivity index (χ0v) is 16.4. The highest BCUT2D eigenvalue weighted by molar-refractivity contribution is 7.41. The lowest BCUT2D eigenvalue weighted by atomic mass is 9.94. The van der Waals surface area contributed by atoms with Crippen molar-refractivity contribution < 1.29 is 9.09 Å². The molecule has 5 rings (SSSR count). The second-order valence-electron chi connectivity index (χ2n) is 6.89. The summed E-state index contributed by atoms with van der Waals surface area (Å²) in [6.45, 7) is 2.08. The van der Waals surface area contributed by atoms with Gasteiger partial charge in [0.05, 0.1) is 5.69 Å². The highest BCUT2D eigenvalue weighted by Gasteiger charge is 2.23. The van der Waals surface area contributed by atoms with Gasteiger partial charge >= 0.3 is 8.18 Å². The summed E-state index contributed by atoms with van der Waals surface area (Å²) < 4.78 is 18.6. The molecule has 0 saturated heterocycles. The van der Waals surface area contributed by atoms with Crippen molar-refractivity contribution in [3.63, 3.8) is 0 Å². The van der Waals surface area contributed by atoms with E-state index >= 15 is 0 Å². The monoisotopic (exact) mass is 384 g/mol. The minimum atomic E-state index is -2.09. The first-order valence-electron chi connectivity index (χ1n) is 9.41. The Kier molecular flexibility index (Phi) is 4.11. The van der Waals surface area contributed by atoms with Crippen molar-refractivity contribution in [2.75, 3.05) is 5.09 Å². The second kappa shape index (κ2) is 6.78. The molecule has 0 radical (unpaired) electrons. The molecule has 0 spiro atoms. The summed E-state index contributed by atoms with van der Waals surface area (Å²) in [5, 5.41) is 9.95. The average Bonchev–Trinajstić information content (AvgIpc) is 2.73. The first-order chi connectivity index (χ1) is 13.7. The number of hydrogen-bond donors (Lipinski definition) is 1. The van der Waals surface area contributed by atoms with Crippen LogP contribution < -0.4 is 9.61 Å². The Morgan fingerprint density at radius 1 is 0.786 bits per heavy atom. The van der Waals surface area contributed by atoms with Gasteiger partial charge < -0.3 is 0 Å². The highest BCUT2D eigenvalue weighted by atomic mass is 31.1. The Bertz CT molecular complexity index is 1310. The van der Waals surface area contributed by atoms with Crippen molar-refractivity contribution in [2.24, 2.45) is 0 Å². The van der Waals surface area contributed by atoms with E-state index in [1.807, 2.05) is 36.4 Å². The van der Waals surface area contributed by atoms with E-state index in [0.717, 1.165) is 33.8 Å². The third-order valence-corrected chi connectivity index (χ3v) is 6.07. The number of rotatable bonds is 5. The van der Waals surface area contributed by atoms with Crippen LogP contribution in [0.5, 0.6) is 5.75 Å². The molecule has 4 heteroatoms. The number of anilines is 1. The fourth-order valence-electron chi connectivity index (χ4n) is 3.94. The van der Waals surface area contributed by atoms with Crippen LogP contribution in [0.1, 0.15) is 12.5 Å². The van der Waals surface area contributed by atoms with Gasteiger partial charge in [0.25, 0.3) is 0 Å². The van der Waals surface area contributed by atoms with Gasteiger partial charge in [-0.3, -0.25) is 0 Å². The summed E-state index contributed by atoms with van der Waals surface area (Å²) in [5.41, 5.74) is 1.97. The molecule has 0 aliphatic carbocycles. The molecule has 1 atom stereocenters. The first kappa shape index (κ1) is 17.0. The Morgan fingerprint density at radius 3 is 2.25 bits per heavy atom. The lowest BCUT2D eigenvalue weighted by molar-refractivity contribution is 0.512. The smallest absolute Gasteiger partial charge is 0.234 e. The summed E-state index contributed by atoms with van der Waals surface area (Å²) >= 11 is 0. The number of hydrogen-bond acceptors (Lipinski definition) is 2. The SMILES string of the molecule is CCc1ccccc1N[P+](=O)Oc1ccc2ccc3cccc4ccc1c2c34. The summed E-state index contributed by atoms with van der Waals surface area (Å²) in [6.07, 6.45) is 0.866. The van der Waals surface area contributed by atoms with E-state index in [9.17, 15) is 4.57 Å². The molecule has 136 valence electrons. The number of para-hydroxylation sites is 1. The highest BCUT2D eigenvalue weighted by Crippen LogP contribution is 2.41. The largest absolute Gasteiger partial charge is 0.694 e. The van der Waals surface area contributed by atoms with Crippen molar-refractivity contribution in [1.29, 1.82) is 0 Å². The van der Waals surface area contributed by atoms with Gasteiger partial charge in [0.1, 0.15) is 0 Å². The molecule has 1 unspecified atom stereocenters. The summed E-state index contributed by atoms with van der Waals surface area (Å²) in [4.78, 5) is 0.